The van der Waals surface area contributed by atoms with E-state index < -0.39 is 0 Å². The molecule has 0 heterocycles. The van der Waals surface area contributed by atoms with E-state index in [9.17, 15) is 0 Å². The van der Waals surface area contributed by atoms with Crippen LogP contribution >= 0.6 is 0 Å². The van der Waals surface area contributed by atoms with Crippen LogP contribution in [0.1, 0.15) is 126 Å². The second-order valence-corrected chi connectivity index (χ2v) is 13.5. The van der Waals surface area contributed by atoms with Crippen molar-refractivity contribution in [2.24, 2.45) is 39.4 Å². The summed E-state index contributed by atoms with van der Waals surface area (Å²) in [6.07, 6.45) is 18.1. The standard InChI is InChI=1S/C30H50/c1-21(2)11-9-12-22(3)23-15-19-30(8)25-13-14-26-27(4,5)17-10-18-28(26,6)24(25)16-20-29(23,30)7/h11,22-23,26H,9-10,12-20H2,1-8H3/t22-,23-,26-,28-,29-,30+/m1/s1. The summed E-state index contributed by atoms with van der Waals surface area (Å²) in [7, 11) is 0. The normalized spacial score (nSPS) is 43.5. The van der Waals surface area contributed by atoms with Gasteiger partial charge in [0.2, 0.25) is 0 Å². The quantitative estimate of drug-likeness (QED) is 0.405. The first-order valence-electron chi connectivity index (χ1n) is 13.3. The molecule has 4 aliphatic carbocycles. The van der Waals surface area contributed by atoms with Crippen molar-refractivity contribution < 1.29 is 0 Å². The molecule has 30 heavy (non-hydrogen) atoms. The first kappa shape index (κ1) is 22.7. The van der Waals surface area contributed by atoms with Crippen LogP contribution in [0.4, 0.5) is 0 Å². The highest BCUT2D eigenvalue weighted by Crippen LogP contribution is 2.72. The fraction of sp³-hybridized carbons (Fsp3) is 0.867. The largest absolute Gasteiger partial charge is 0.0859 e. The lowest BCUT2D eigenvalue weighted by Crippen LogP contribution is -2.51. The van der Waals surface area contributed by atoms with Gasteiger partial charge in [0.1, 0.15) is 0 Å². The Bertz CT molecular complexity index is 731. The van der Waals surface area contributed by atoms with Crippen LogP contribution in [0.3, 0.4) is 0 Å². The topological polar surface area (TPSA) is 0 Å². The van der Waals surface area contributed by atoms with E-state index in [0.717, 1.165) is 17.8 Å². The number of fused-ring (bicyclic) bond motifs is 4. The maximum atomic E-state index is 2.71. The van der Waals surface area contributed by atoms with Crippen molar-refractivity contribution >= 4 is 0 Å². The van der Waals surface area contributed by atoms with Gasteiger partial charge in [0, 0.05) is 0 Å². The summed E-state index contributed by atoms with van der Waals surface area (Å²) >= 11 is 0. The highest BCUT2D eigenvalue weighted by molar-refractivity contribution is 5.38. The predicted molar refractivity (Wildman–Crippen MR) is 131 cm³/mol. The summed E-state index contributed by atoms with van der Waals surface area (Å²) in [6, 6.07) is 0. The van der Waals surface area contributed by atoms with E-state index in [2.05, 4.69) is 61.5 Å². The van der Waals surface area contributed by atoms with Crippen LogP contribution in [0.5, 0.6) is 0 Å². The van der Waals surface area contributed by atoms with Crippen LogP contribution in [0, 0.1) is 39.4 Å². The van der Waals surface area contributed by atoms with Gasteiger partial charge in [-0.2, -0.15) is 0 Å². The van der Waals surface area contributed by atoms with Crippen molar-refractivity contribution in [3.63, 3.8) is 0 Å². The second-order valence-electron chi connectivity index (χ2n) is 13.5. The van der Waals surface area contributed by atoms with Crippen molar-refractivity contribution in [2.45, 2.75) is 126 Å². The van der Waals surface area contributed by atoms with Crippen LogP contribution in [0.15, 0.2) is 22.8 Å². The van der Waals surface area contributed by atoms with Crippen molar-refractivity contribution in [3.8, 4) is 0 Å². The van der Waals surface area contributed by atoms with Gasteiger partial charge in [-0.3, -0.25) is 0 Å². The van der Waals surface area contributed by atoms with Crippen LogP contribution < -0.4 is 0 Å². The Morgan fingerprint density at radius 1 is 0.933 bits per heavy atom. The molecule has 0 unspecified atom stereocenters. The summed E-state index contributed by atoms with van der Waals surface area (Å²) in [5.41, 5.74) is 7.42. The molecule has 0 aromatic heterocycles. The summed E-state index contributed by atoms with van der Waals surface area (Å²) in [5.74, 6) is 2.68. The lowest BCUT2D eigenvalue weighted by Gasteiger charge is -2.61. The van der Waals surface area contributed by atoms with Crippen molar-refractivity contribution in [1.82, 2.24) is 0 Å². The van der Waals surface area contributed by atoms with Crippen LogP contribution in [-0.2, 0) is 0 Å². The van der Waals surface area contributed by atoms with Gasteiger partial charge in [-0.1, -0.05) is 70.8 Å². The molecule has 0 saturated heterocycles. The number of hydrogen-bond donors (Lipinski definition) is 0. The van der Waals surface area contributed by atoms with Crippen LogP contribution in [0.2, 0.25) is 0 Å². The Morgan fingerprint density at radius 2 is 1.67 bits per heavy atom. The van der Waals surface area contributed by atoms with Crippen LogP contribution in [0.25, 0.3) is 0 Å². The maximum Gasteiger partial charge on any atom is -0.00568 e. The molecule has 6 atom stereocenters. The van der Waals surface area contributed by atoms with E-state index in [0.29, 0.717) is 21.7 Å². The zero-order chi connectivity index (χ0) is 21.9. The molecule has 0 bridgehead atoms. The minimum absolute atomic E-state index is 0.464. The van der Waals surface area contributed by atoms with E-state index in [1.165, 1.54) is 76.2 Å². The lowest BCUT2D eigenvalue weighted by molar-refractivity contribution is -0.0199. The average Bonchev–Trinajstić information content (AvgIpc) is 2.92. The molecule has 170 valence electrons. The van der Waals surface area contributed by atoms with Gasteiger partial charge in [0.15, 0.2) is 0 Å². The highest BCUT2D eigenvalue weighted by Gasteiger charge is 2.62. The second kappa shape index (κ2) is 7.52. The number of rotatable bonds is 4. The van der Waals surface area contributed by atoms with Crippen molar-refractivity contribution in [3.05, 3.63) is 22.8 Å². The van der Waals surface area contributed by atoms with Gasteiger partial charge < -0.3 is 0 Å². The molecule has 4 aliphatic rings. The maximum absolute atomic E-state index is 2.71. The molecule has 0 spiro atoms. The minimum atomic E-state index is 0.464. The first-order valence-corrected chi connectivity index (χ1v) is 13.3. The average molecular weight is 411 g/mol. The number of hydrogen-bond acceptors (Lipinski definition) is 0. The molecular formula is C30H50. The summed E-state index contributed by atoms with van der Waals surface area (Å²) in [5, 5.41) is 0. The summed E-state index contributed by atoms with van der Waals surface area (Å²) < 4.78 is 0. The molecule has 0 aliphatic heterocycles. The Hall–Kier alpha value is -0.520. The monoisotopic (exact) mass is 410 g/mol. The molecule has 4 rings (SSSR count). The summed E-state index contributed by atoms with van der Waals surface area (Å²) in [4.78, 5) is 0. The van der Waals surface area contributed by atoms with Gasteiger partial charge in [-0.05, 0) is 117 Å². The van der Waals surface area contributed by atoms with E-state index in [4.69, 9.17) is 0 Å². The van der Waals surface area contributed by atoms with E-state index >= 15 is 0 Å². The SMILES string of the molecule is CC(C)=CCC[C@@H](C)[C@H]1CC[C@@]2(C)C3=C(CC[C@]12C)[C@@]1(C)CCCC(C)(C)[C@H]1CC3. The molecule has 0 aromatic rings. The first-order chi connectivity index (χ1) is 14.0. The molecule has 0 aromatic carbocycles. The Kier molecular flexibility index (Phi) is 5.68. The summed E-state index contributed by atoms with van der Waals surface area (Å²) in [6.45, 7) is 20.3. The third-order valence-electron chi connectivity index (χ3n) is 11.4. The predicted octanol–water partition coefficient (Wildman–Crippen LogP) is 9.51. The minimum Gasteiger partial charge on any atom is -0.0859 e. The molecule has 0 N–H and O–H groups in total. The number of allylic oxidation sites excluding steroid dienone is 4. The van der Waals surface area contributed by atoms with E-state index in [1.54, 1.807) is 0 Å². The fourth-order valence-corrected chi connectivity index (χ4v) is 9.57. The molecule has 0 amide bonds. The molecule has 2 saturated carbocycles. The zero-order valence-electron chi connectivity index (χ0n) is 21.6. The van der Waals surface area contributed by atoms with Gasteiger partial charge in [0.05, 0.1) is 0 Å². The van der Waals surface area contributed by atoms with Crippen molar-refractivity contribution in [1.29, 1.82) is 0 Å². The third kappa shape index (κ3) is 3.21. The van der Waals surface area contributed by atoms with Gasteiger partial charge >= 0.3 is 0 Å². The lowest BCUT2D eigenvalue weighted by atomic mass is 9.43. The Balaban J connectivity index is 1.64. The Morgan fingerprint density at radius 3 is 2.37 bits per heavy atom. The molecule has 0 radical (unpaired) electrons. The molecule has 0 nitrogen and oxygen atoms in total. The highest BCUT2D eigenvalue weighted by atomic mass is 14.7. The molecular weight excluding hydrogens is 360 g/mol. The van der Waals surface area contributed by atoms with Gasteiger partial charge in [-0.15, -0.1) is 0 Å². The van der Waals surface area contributed by atoms with E-state index in [1.807, 2.05) is 11.1 Å². The zero-order valence-corrected chi connectivity index (χ0v) is 21.6. The third-order valence-corrected chi connectivity index (χ3v) is 11.4. The molecule has 2 fully saturated rings. The van der Waals surface area contributed by atoms with Crippen LogP contribution in [-0.4, -0.2) is 0 Å². The van der Waals surface area contributed by atoms with E-state index in [-0.39, 0.29) is 0 Å². The smallest absolute Gasteiger partial charge is 0.00568 e. The molecule has 0 heteroatoms. The van der Waals surface area contributed by atoms with Gasteiger partial charge in [0.25, 0.3) is 0 Å². The van der Waals surface area contributed by atoms with Crippen molar-refractivity contribution in [2.75, 3.05) is 0 Å². The fourth-order valence-electron chi connectivity index (χ4n) is 9.57. The van der Waals surface area contributed by atoms with Gasteiger partial charge in [-0.25, -0.2) is 0 Å². The Labute approximate surface area is 188 Å².